The molecule has 1 aliphatic carbocycles. The van der Waals surface area contributed by atoms with E-state index in [1.807, 2.05) is 0 Å². The van der Waals surface area contributed by atoms with Gasteiger partial charge in [-0.25, -0.2) is 0 Å². The number of hydrogen-bond donors (Lipinski definition) is 2. The van der Waals surface area contributed by atoms with Crippen molar-refractivity contribution in [2.24, 2.45) is 12.8 Å². The molecule has 0 unspecified atom stereocenters. The Labute approximate surface area is 112 Å². The number of nitrogens with one attached hydrogen (secondary N) is 1. The topological polar surface area (TPSA) is 63.8 Å². The van der Waals surface area contributed by atoms with Crippen LogP contribution in [-0.2, 0) is 26.3 Å². The van der Waals surface area contributed by atoms with Crippen LogP contribution in [0.3, 0.4) is 0 Å². The zero-order valence-corrected chi connectivity index (χ0v) is 11.2. The average molecular weight is 257 g/mol. The summed E-state index contributed by atoms with van der Waals surface area (Å²) < 4.78 is 1.54. The van der Waals surface area contributed by atoms with Gasteiger partial charge in [0, 0.05) is 18.2 Å². The third kappa shape index (κ3) is 2.02. The molecule has 1 aromatic carbocycles. The van der Waals surface area contributed by atoms with Crippen LogP contribution in [0.4, 0.5) is 0 Å². The predicted molar refractivity (Wildman–Crippen MR) is 76.3 cm³/mol. The summed E-state index contributed by atoms with van der Waals surface area (Å²) in [6.45, 7) is 0.491. The lowest BCUT2D eigenvalue weighted by Gasteiger charge is -2.05. The van der Waals surface area contributed by atoms with E-state index >= 15 is 0 Å². The number of fused-ring (bicyclic) bond motifs is 1. The normalized spacial score (nSPS) is 13.8. The second-order valence-electron chi connectivity index (χ2n) is 5.21. The van der Waals surface area contributed by atoms with Gasteiger partial charge in [0.15, 0.2) is 0 Å². The molecule has 2 aromatic rings. The Balaban J connectivity index is 2.11. The number of hydrogen-bond acceptors (Lipinski definition) is 2. The zero-order valence-electron chi connectivity index (χ0n) is 11.2. The van der Waals surface area contributed by atoms with E-state index in [1.54, 1.807) is 7.05 Å². The molecule has 0 fully saturated rings. The summed E-state index contributed by atoms with van der Waals surface area (Å²) in [5.41, 5.74) is 11.3. The van der Waals surface area contributed by atoms with Gasteiger partial charge in [0.2, 0.25) is 0 Å². The van der Waals surface area contributed by atoms with Gasteiger partial charge in [0.05, 0.1) is 5.69 Å². The molecule has 0 spiro atoms. The summed E-state index contributed by atoms with van der Waals surface area (Å²) >= 11 is 0. The molecule has 0 saturated heterocycles. The number of aromatic amines is 1. The van der Waals surface area contributed by atoms with Crippen molar-refractivity contribution in [2.45, 2.75) is 25.7 Å². The highest BCUT2D eigenvalue weighted by atomic mass is 16.1. The highest BCUT2D eigenvalue weighted by Crippen LogP contribution is 2.28. The summed E-state index contributed by atoms with van der Waals surface area (Å²) in [5, 5.41) is 3.15. The highest BCUT2D eigenvalue weighted by molar-refractivity contribution is 5.64. The van der Waals surface area contributed by atoms with E-state index in [0.717, 1.165) is 23.2 Å². The fourth-order valence-corrected chi connectivity index (χ4v) is 2.94. The molecule has 1 heterocycles. The van der Waals surface area contributed by atoms with Crippen LogP contribution in [0, 0.1) is 0 Å². The monoisotopic (exact) mass is 257 g/mol. The fourth-order valence-electron chi connectivity index (χ4n) is 2.94. The lowest BCUT2D eigenvalue weighted by atomic mass is 10.0. The first-order chi connectivity index (χ1) is 9.20. The molecular formula is C15H19N3O. The first kappa shape index (κ1) is 12.2. The molecule has 4 heteroatoms. The maximum atomic E-state index is 12.1. The van der Waals surface area contributed by atoms with Crippen LogP contribution in [-0.4, -0.2) is 16.3 Å². The lowest BCUT2D eigenvalue weighted by Crippen LogP contribution is -2.17. The molecule has 0 amide bonds. The minimum absolute atomic E-state index is 0.0287. The molecule has 1 aromatic heterocycles. The zero-order chi connectivity index (χ0) is 13.4. The van der Waals surface area contributed by atoms with Crippen LogP contribution in [0.15, 0.2) is 23.0 Å². The second-order valence-corrected chi connectivity index (χ2v) is 5.21. The van der Waals surface area contributed by atoms with Gasteiger partial charge in [-0.15, -0.1) is 0 Å². The van der Waals surface area contributed by atoms with E-state index in [-0.39, 0.29) is 5.56 Å². The molecule has 3 N–H and O–H groups in total. The third-order valence-electron chi connectivity index (χ3n) is 3.93. The first-order valence-corrected chi connectivity index (χ1v) is 6.81. The molecule has 0 aliphatic heterocycles. The first-order valence-electron chi connectivity index (χ1n) is 6.81. The Bertz CT molecular complexity index is 667. The maximum Gasteiger partial charge on any atom is 0.270 e. The summed E-state index contributed by atoms with van der Waals surface area (Å²) in [6, 6.07) is 6.51. The fraction of sp³-hybridized carbons (Fsp3) is 0.400. The van der Waals surface area contributed by atoms with Crippen LogP contribution >= 0.6 is 0 Å². The largest absolute Gasteiger partial charge is 0.330 e. The third-order valence-corrected chi connectivity index (χ3v) is 3.93. The summed E-state index contributed by atoms with van der Waals surface area (Å²) in [7, 11) is 1.75. The molecule has 0 atom stereocenters. The lowest BCUT2D eigenvalue weighted by molar-refractivity contribution is 0.739. The Morgan fingerprint density at radius 3 is 2.89 bits per heavy atom. The number of rotatable bonds is 3. The van der Waals surface area contributed by atoms with E-state index in [0.29, 0.717) is 13.0 Å². The number of H-pyrrole nitrogens is 1. The molecule has 3 rings (SSSR count). The van der Waals surface area contributed by atoms with Crippen LogP contribution in [0.5, 0.6) is 0 Å². The van der Waals surface area contributed by atoms with Gasteiger partial charge in [-0.3, -0.25) is 14.6 Å². The smallest absolute Gasteiger partial charge is 0.270 e. The van der Waals surface area contributed by atoms with Gasteiger partial charge in [0.25, 0.3) is 5.56 Å². The Morgan fingerprint density at radius 2 is 2.11 bits per heavy atom. The van der Waals surface area contributed by atoms with Gasteiger partial charge in [0.1, 0.15) is 0 Å². The average Bonchev–Trinajstić information content (AvgIpc) is 2.98. The molecule has 100 valence electrons. The van der Waals surface area contributed by atoms with Crippen LogP contribution in [0.25, 0.3) is 11.3 Å². The van der Waals surface area contributed by atoms with Gasteiger partial charge in [-0.05, 0) is 49.4 Å². The standard InChI is InChI=1S/C15H19N3O/c1-18-15(19)13(7-8-16)14(17-18)12-6-5-10-3-2-4-11(10)9-12/h5-6,9,17H,2-4,7-8,16H2,1H3. The van der Waals surface area contributed by atoms with E-state index in [1.165, 1.54) is 28.7 Å². The molecule has 0 bridgehead atoms. The van der Waals surface area contributed by atoms with Gasteiger partial charge in [-0.2, -0.15) is 0 Å². The van der Waals surface area contributed by atoms with Crippen molar-refractivity contribution in [2.75, 3.05) is 6.54 Å². The van der Waals surface area contributed by atoms with Crippen molar-refractivity contribution in [3.05, 3.63) is 45.2 Å². The summed E-state index contributed by atoms with van der Waals surface area (Å²) in [6.07, 6.45) is 4.17. The van der Waals surface area contributed by atoms with Crippen LogP contribution < -0.4 is 11.3 Å². The van der Waals surface area contributed by atoms with E-state index in [2.05, 4.69) is 23.3 Å². The molecule has 4 nitrogen and oxygen atoms in total. The Morgan fingerprint density at radius 1 is 1.32 bits per heavy atom. The molecular weight excluding hydrogens is 238 g/mol. The second kappa shape index (κ2) is 4.70. The van der Waals surface area contributed by atoms with E-state index < -0.39 is 0 Å². The summed E-state index contributed by atoms with van der Waals surface area (Å²) in [4.78, 5) is 12.1. The van der Waals surface area contributed by atoms with Crippen molar-refractivity contribution < 1.29 is 0 Å². The molecule has 19 heavy (non-hydrogen) atoms. The number of benzene rings is 1. The van der Waals surface area contributed by atoms with Crippen molar-refractivity contribution in [3.8, 4) is 11.3 Å². The number of nitrogens with two attached hydrogens (primary N) is 1. The van der Waals surface area contributed by atoms with Gasteiger partial charge in [-0.1, -0.05) is 12.1 Å². The van der Waals surface area contributed by atoms with E-state index in [9.17, 15) is 4.79 Å². The van der Waals surface area contributed by atoms with Crippen molar-refractivity contribution in [1.82, 2.24) is 9.78 Å². The number of aryl methyl sites for hydroxylation is 3. The van der Waals surface area contributed by atoms with Gasteiger partial charge < -0.3 is 5.73 Å². The van der Waals surface area contributed by atoms with Crippen molar-refractivity contribution >= 4 is 0 Å². The van der Waals surface area contributed by atoms with Crippen molar-refractivity contribution in [3.63, 3.8) is 0 Å². The quantitative estimate of drug-likeness (QED) is 0.872. The molecule has 0 radical (unpaired) electrons. The minimum Gasteiger partial charge on any atom is -0.330 e. The van der Waals surface area contributed by atoms with E-state index in [4.69, 9.17) is 5.73 Å². The number of aromatic nitrogens is 2. The Hall–Kier alpha value is -1.81. The summed E-state index contributed by atoms with van der Waals surface area (Å²) in [5.74, 6) is 0. The maximum absolute atomic E-state index is 12.1. The SMILES string of the molecule is Cn1[nH]c(-c2ccc3c(c2)CCC3)c(CCN)c1=O. The number of nitrogens with zero attached hydrogens (tertiary/aromatic N) is 1. The predicted octanol–water partition coefficient (Wildman–Crippen LogP) is 1.37. The molecule has 0 saturated carbocycles. The van der Waals surface area contributed by atoms with Crippen LogP contribution in [0.1, 0.15) is 23.1 Å². The minimum atomic E-state index is 0.0287. The van der Waals surface area contributed by atoms with Crippen LogP contribution in [0.2, 0.25) is 0 Å². The van der Waals surface area contributed by atoms with Gasteiger partial charge >= 0.3 is 0 Å². The Kier molecular flexibility index (Phi) is 3.03. The highest BCUT2D eigenvalue weighted by Gasteiger charge is 2.16. The van der Waals surface area contributed by atoms with Crippen molar-refractivity contribution in [1.29, 1.82) is 0 Å². The molecule has 1 aliphatic rings.